The molecule has 0 atom stereocenters. The van der Waals surface area contributed by atoms with Crippen LogP contribution in [0.25, 0.3) is 0 Å². The Kier molecular flexibility index (Phi) is 5.90. The summed E-state index contributed by atoms with van der Waals surface area (Å²) in [6.45, 7) is 1.75. The molecule has 0 saturated heterocycles. The maximum Gasteiger partial charge on any atom is 0.337 e. The van der Waals surface area contributed by atoms with Gasteiger partial charge in [-0.15, -0.1) is 6.42 Å². The third kappa shape index (κ3) is 4.94. The highest BCUT2D eigenvalue weighted by Crippen LogP contribution is 2.12. The Hall–Kier alpha value is -2.64. The van der Waals surface area contributed by atoms with Gasteiger partial charge in [-0.2, -0.15) is 0 Å². The molecule has 0 unspecified atom stereocenters. The lowest BCUT2D eigenvalue weighted by atomic mass is 10.1. The van der Waals surface area contributed by atoms with Crippen LogP contribution in [0.5, 0.6) is 0 Å². The predicted octanol–water partition coefficient (Wildman–Crippen LogP) is 3.25. The predicted molar refractivity (Wildman–Crippen MR) is 87.1 cm³/mol. The van der Waals surface area contributed by atoms with Crippen LogP contribution in [0.2, 0.25) is 0 Å². The third-order valence-corrected chi connectivity index (χ3v) is 3.42. The molecule has 0 bridgehead atoms. The van der Waals surface area contributed by atoms with Crippen LogP contribution < -0.4 is 0 Å². The molecule has 0 heterocycles. The zero-order valence-electron chi connectivity index (χ0n) is 13.0. The van der Waals surface area contributed by atoms with Crippen molar-refractivity contribution < 1.29 is 13.9 Å². The molecular weight excluding hydrogens is 293 g/mol. The van der Waals surface area contributed by atoms with Crippen molar-refractivity contribution in [3.63, 3.8) is 0 Å². The van der Waals surface area contributed by atoms with Gasteiger partial charge in [-0.25, -0.2) is 9.18 Å². The van der Waals surface area contributed by atoms with Crippen LogP contribution in [-0.4, -0.2) is 24.5 Å². The molecule has 0 spiro atoms. The number of ether oxygens (including phenoxy) is 1. The lowest BCUT2D eigenvalue weighted by molar-refractivity contribution is 0.0600. The van der Waals surface area contributed by atoms with Gasteiger partial charge in [0.1, 0.15) is 5.82 Å². The third-order valence-electron chi connectivity index (χ3n) is 3.42. The van der Waals surface area contributed by atoms with E-state index in [1.165, 1.54) is 19.2 Å². The van der Waals surface area contributed by atoms with Crippen LogP contribution >= 0.6 is 0 Å². The summed E-state index contributed by atoms with van der Waals surface area (Å²) < 4.78 is 17.6. The van der Waals surface area contributed by atoms with Crippen LogP contribution in [0.4, 0.5) is 4.39 Å². The zero-order valence-corrected chi connectivity index (χ0v) is 13.0. The van der Waals surface area contributed by atoms with E-state index in [1.54, 1.807) is 24.3 Å². The van der Waals surface area contributed by atoms with Crippen molar-refractivity contribution >= 4 is 5.97 Å². The summed E-state index contributed by atoms with van der Waals surface area (Å²) in [6.07, 6.45) is 5.43. The second-order valence-electron chi connectivity index (χ2n) is 5.16. The van der Waals surface area contributed by atoms with Crippen LogP contribution in [0.3, 0.4) is 0 Å². The molecule has 2 rings (SSSR count). The number of carbonyl (C=O) groups is 1. The fraction of sp³-hybridized carbons (Fsp3) is 0.211. The number of hydrogen-bond donors (Lipinski definition) is 0. The van der Waals surface area contributed by atoms with Gasteiger partial charge in [0.25, 0.3) is 0 Å². The first-order valence-electron chi connectivity index (χ1n) is 7.20. The number of halogens is 1. The van der Waals surface area contributed by atoms with Crippen molar-refractivity contribution in [1.82, 2.24) is 4.90 Å². The van der Waals surface area contributed by atoms with Crippen molar-refractivity contribution in [2.75, 3.05) is 13.7 Å². The van der Waals surface area contributed by atoms with E-state index in [1.807, 2.05) is 12.1 Å². The standard InChI is InChI=1S/C19H18FNO2/c1-3-12-21(14-16-6-10-18(20)11-7-16)13-15-4-8-17(9-5-15)19(22)23-2/h1,4-11H,12-14H2,2H3. The van der Waals surface area contributed by atoms with E-state index in [9.17, 15) is 9.18 Å². The van der Waals surface area contributed by atoms with Gasteiger partial charge in [-0.1, -0.05) is 30.2 Å². The maximum atomic E-state index is 13.0. The average Bonchev–Trinajstić information content (AvgIpc) is 2.57. The van der Waals surface area contributed by atoms with Crippen molar-refractivity contribution in [1.29, 1.82) is 0 Å². The fourth-order valence-electron chi connectivity index (χ4n) is 2.27. The van der Waals surface area contributed by atoms with Gasteiger partial charge in [0.2, 0.25) is 0 Å². The molecular formula is C19H18FNO2. The Bertz CT molecular complexity index is 687. The summed E-state index contributed by atoms with van der Waals surface area (Å²) in [5.41, 5.74) is 2.54. The van der Waals surface area contributed by atoms with E-state index < -0.39 is 0 Å². The molecule has 2 aromatic rings. The first kappa shape index (κ1) is 16.7. The second kappa shape index (κ2) is 8.11. The van der Waals surface area contributed by atoms with E-state index >= 15 is 0 Å². The van der Waals surface area contributed by atoms with Crippen molar-refractivity contribution in [3.8, 4) is 12.3 Å². The van der Waals surface area contributed by atoms with E-state index in [0.29, 0.717) is 25.2 Å². The fourth-order valence-corrected chi connectivity index (χ4v) is 2.27. The Labute approximate surface area is 135 Å². The number of esters is 1. The van der Waals surface area contributed by atoms with Crippen LogP contribution in [0, 0.1) is 18.2 Å². The topological polar surface area (TPSA) is 29.5 Å². The Morgan fingerprint density at radius 1 is 1.09 bits per heavy atom. The van der Waals surface area contributed by atoms with Crippen molar-refractivity contribution in [3.05, 3.63) is 71.0 Å². The molecule has 3 nitrogen and oxygen atoms in total. The van der Waals surface area contributed by atoms with E-state index in [4.69, 9.17) is 6.42 Å². The molecule has 23 heavy (non-hydrogen) atoms. The van der Waals surface area contributed by atoms with Gasteiger partial charge < -0.3 is 4.74 Å². The molecule has 0 saturated carbocycles. The number of nitrogens with zero attached hydrogens (tertiary/aromatic N) is 1. The minimum absolute atomic E-state index is 0.254. The number of hydrogen-bond acceptors (Lipinski definition) is 3. The van der Waals surface area contributed by atoms with E-state index in [0.717, 1.165) is 11.1 Å². The number of terminal acetylenes is 1. The summed E-state index contributed by atoms with van der Waals surface area (Å²) in [4.78, 5) is 13.5. The molecule has 0 amide bonds. The smallest absolute Gasteiger partial charge is 0.337 e. The molecule has 4 heteroatoms. The summed E-state index contributed by atoms with van der Waals surface area (Å²) in [5, 5.41) is 0. The molecule has 2 aromatic carbocycles. The highest BCUT2D eigenvalue weighted by Gasteiger charge is 2.08. The quantitative estimate of drug-likeness (QED) is 0.606. The average molecular weight is 311 g/mol. The molecule has 0 aliphatic heterocycles. The summed E-state index contributed by atoms with van der Waals surface area (Å²) in [5.74, 6) is 2.02. The van der Waals surface area contributed by atoms with Gasteiger partial charge in [-0.3, -0.25) is 4.90 Å². The minimum Gasteiger partial charge on any atom is -0.465 e. The molecule has 0 radical (unpaired) electrons. The van der Waals surface area contributed by atoms with Gasteiger partial charge in [-0.05, 0) is 35.4 Å². The second-order valence-corrected chi connectivity index (χ2v) is 5.16. The molecule has 0 aromatic heterocycles. The van der Waals surface area contributed by atoms with Gasteiger partial charge in [0, 0.05) is 13.1 Å². The van der Waals surface area contributed by atoms with Gasteiger partial charge in [0.05, 0.1) is 19.2 Å². The summed E-state index contributed by atoms with van der Waals surface area (Å²) in [7, 11) is 1.35. The lowest BCUT2D eigenvalue weighted by Gasteiger charge is -2.20. The normalized spacial score (nSPS) is 10.3. The zero-order chi connectivity index (χ0) is 16.7. The van der Waals surface area contributed by atoms with Gasteiger partial charge >= 0.3 is 5.97 Å². The van der Waals surface area contributed by atoms with Crippen molar-refractivity contribution in [2.24, 2.45) is 0 Å². The molecule has 0 aliphatic rings. The Morgan fingerprint density at radius 3 is 2.09 bits per heavy atom. The van der Waals surface area contributed by atoms with Crippen LogP contribution in [0.1, 0.15) is 21.5 Å². The summed E-state index contributed by atoms with van der Waals surface area (Å²) >= 11 is 0. The van der Waals surface area contributed by atoms with Crippen LogP contribution in [-0.2, 0) is 17.8 Å². The highest BCUT2D eigenvalue weighted by molar-refractivity contribution is 5.89. The number of carbonyl (C=O) groups excluding carboxylic acids is 1. The maximum absolute atomic E-state index is 13.0. The highest BCUT2D eigenvalue weighted by atomic mass is 19.1. The van der Waals surface area contributed by atoms with E-state index in [-0.39, 0.29) is 11.8 Å². The first-order valence-corrected chi connectivity index (χ1v) is 7.20. The van der Waals surface area contributed by atoms with Gasteiger partial charge in [0.15, 0.2) is 0 Å². The molecule has 0 aliphatic carbocycles. The largest absolute Gasteiger partial charge is 0.465 e. The number of benzene rings is 2. The first-order chi connectivity index (χ1) is 11.1. The summed E-state index contributed by atoms with van der Waals surface area (Å²) in [6, 6.07) is 13.6. The Balaban J connectivity index is 2.05. The monoisotopic (exact) mass is 311 g/mol. The van der Waals surface area contributed by atoms with E-state index in [2.05, 4.69) is 15.6 Å². The molecule has 118 valence electrons. The SMILES string of the molecule is C#CCN(Cc1ccc(F)cc1)Cc1ccc(C(=O)OC)cc1. The van der Waals surface area contributed by atoms with Crippen molar-refractivity contribution in [2.45, 2.75) is 13.1 Å². The lowest BCUT2D eigenvalue weighted by Crippen LogP contribution is -2.23. The number of rotatable bonds is 6. The van der Waals surface area contributed by atoms with Crippen LogP contribution in [0.15, 0.2) is 48.5 Å². The Morgan fingerprint density at radius 2 is 1.61 bits per heavy atom. The minimum atomic E-state index is -0.358. The molecule has 0 fully saturated rings. The number of methoxy groups -OCH3 is 1. The molecule has 0 N–H and O–H groups in total.